The second kappa shape index (κ2) is 3.99. The zero-order chi connectivity index (χ0) is 12.7. The molecule has 2 heterocycles. The van der Waals surface area contributed by atoms with E-state index < -0.39 is 0 Å². The van der Waals surface area contributed by atoms with Gasteiger partial charge < -0.3 is 15.8 Å². The number of nitrogens with zero attached hydrogens (tertiary/aromatic N) is 2. The number of halogens is 1. The molecule has 2 aromatic heterocycles. The van der Waals surface area contributed by atoms with Crippen LogP contribution in [0.25, 0.3) is 22.6 Å². The number of rotatable bonds is 1. The van der Waals surface area contributed by atoms with Crippen molar-refractivity contribution >= 4 is 32.8 Å². The van der Waals surface area contributed by atoms with Crippen molar-refractivity contribution in [1.82, 2.24) is 15.0 Å². The first kappa shape index (κ1) is 11.0. The van der Waals surface area contributed by atoms with E-state index in [1.54, 1.807) is 24.4 Å². The fraction of sp³-hybridized carbons (Fsp3) is 0. The Morgan fingerprint density at radius 3 is 2.89 bits per heavy atom. The lowest BCUT2D eigenvalue weighted by atomic mass is 10.2. The van der Waals surface area contributed by atoms with Crippen LogP contribution in [-0.4, -0.2) is 20.1 Å². The molecule has 90 valence electrons. The molecule has 0 spiro atoms. The van der Waals surface area contributed by atoms with Crippen LogP contribution in [0.4, 0.5) is 5.69 Å². The number of aromatic amines is 1. The maximum atomic E-state index is 9.59. The number of nitrogen functional groups attached to an aromatic ring is 1. The molecule has 0 aliphatic heterocycles. The van der Waals surface area contributed by atoms with Crippen LogP contribution in [0, 0.1) is 0 Å². The summed E-state index contributed by atoms with van der Waals surface area (Å²) in [5, 5.41) is 9.59. The lowest BCUT2D eigenvalue weighted by Crippen LogP contribution is -1.86. The van der Waals surface area contributed by atoms with Gasteiger partial charge in [-0.05, 0) is 40.2 Å². The first-order valence-electron chi connectivity index (χ1n) is 5.23. The van der Waals surface area contributed by atoms with E-state index in [0.29, 0.717) is 17.2 Å². The molecule has 0 amide bonds. The molecule has 0 aliphatic carbocycles. The maximum absolute atomic E-state index is 9.59. The van der Waals surface area contributed by atoms with Gasteiger partial charge in [-0.25, -0.2) is 9.97 Å². The summed E-state index contributed by atoms with van der Waals surface area (Å²) in [6, 6.07) is 6.90. The predicted octanol–water partition coefficient (Wildman–Crippen LogP) is 2.68. The van der Waals surface area contributed by atoms with Crippen molar-refractivity contribution < 1.29 is 5.11 Å². The quantitative estimate of drug-likeness (QED) is 0.476. The summed E-state index contributed by atoms with van der Waals surface area (Å²) in [5.41, 5.74) is 8.12. The summed E-state index contributed by atoms with van der Waals surface area (Å²) < 4.78 is 0.880. The molecule has 0 bridgehead atoms. The lowest BCUT2D eigenvalue weighted by Gasteiger charge is -2.00. The van der Waals surface area contributed by atoms with E-state index in [4.69, 9.17) is 5.73 Å². The summed E-state index contributed by atoms with van der Waals surface area (Å²) in [4.78, 5) is 11.7. The smallest absolute Gasteiger partial charge is 0.178 e. The molecule has 0 saturated heterocycles. The number of benzene rings is 1. The Balaban J connectivity index is 2.16. The molecule has 0 atom stereocenters. The molecule has 0 unspecified atom stereocenters. The van der Waals surface area contributed by atoms with Gasteiger partial charge in [-0.15, -0.1) is 0 Å². The van der Waals surface area contributed by atoms with Gasteiger partial charge in [-0.1, -0.05) is 0 Å². The third kappa shape index (κ3) is 1.80. The number of imidazole rings is 1. The van der Waals surface area contributed by atoms with Crippen LogP contribution < -0.4 is 5.73 Å². The van der Waals surface area contributed by atoms with E-state index in [2.05, 4.69) is 30.9 Å². The molecule has 4 N–H and O–H groups in total. The minimum atomic E-state index is 0.0436. The number of nitrogens with one attached hydrogen (secondary N) is 1. The monoisotopic (exact) mass is 304 g/mol. The number of aromatic hydroxyl groups is 1. The topological polar surface area (TPSA) is 87.8 Å². The summed E-state index contributed by atoms with van der Waals surface area (Å²) in [5.74, 6) is 0.688. The first-order valence-corrected chi connectivity index (χ1v) is 6.03. The van der Waals surface area contributed by atoms with Crippen molar-refractivity contribution in [3.8, 4) is 17.1 Å². The highest BCUT2D eigenvalue weighted by Gasteiger charge is 2.08. The molecule has 0 radical (unpaired) electrons. The summed E-state index contributed by atoms with van der Waals surface area (Å²) in [6.45, 7) is 0. The van der Waals surface area contributed by atoms with Crippen molar-refractivity contribution in [1.29, 1.82) is 0 Å². The van der Waals surface area contributed by atoms with Crippen molar-refractivity contribution in [2.75, 3.05) is 5.73 Å². The molecule has 1 aromatic carbocycles. The van der Waals surface area contributed by atoms with Gasteiger partial charge in [-0.2, -0.15) is 0 Å². The fourth-order valence-electron chi connectivity index (χ4n) is 1.70. The number of phenolic OH excluding ortho intramolecular Hbond substituents is 1. The molecule has 3 aromatic rings. The number of phenols is 1. The number of hydrogen-bond acceptors (Lipinski definition) is 4. The number of H-pyrrole nitrogens is 1. The number of anilines is 1. The third-order valence-electron chi connectivity index (χ3n) is 2.61. The van der Waals surface area contributed by atoms with Gasteiger partial charge in [-0.3, -0.25) is 0 Å². The van der Waals surface area contributed by atoms with Gasteiger partial charge in [0.15, 0.2) is 5.65 Å². The predicted molar refractivity (Wildman–Crippen MR) is 73.1 cm³/mol. The van der Waals surface area contributed by atoms with E-state index in [1.165, 1.54) is 0 Å². The van der Waals surface area contributed by atoms with Gasteiger partial charge in [0.05, 0.1) is 11.2 Å². The van der Waals surface area contributed by atoms with E-state index in [1.807, 2.05) is 6.07 Å². The van der Waals surface area contributed by atoms with E-state index in [-0.39, 0.29) is 5.75 Å². The average Bonchev–Trinajstić information content (AvgIpc) is 2.75. The van der Waals surface area contributed by atoms with Crippen molar-refractivity contribution in [3.63, 3.8) is 0 Å². The minimum absolute atomic E-state index is 0.0436. The Kier molecular flexibility index (Phi) is 2.45. The van der Waals surface area contributed by atoms with Crippen LogP contribution in [0.3, 0.4) is 0 Å². The molecular formula is C12H9BrN4O. The highest BCUT2D eigenvalue weighted by molar-refractivity contribution is 9.10. The third-order valence-corrected chi connectivity index (χ3v) is 3.04. The Bertz CT molecular complexity index is 738. The van der Waals surface area contributed by atoms with Gasteiger partial charge >= 0.3 is 0 Å². The SMILES string of the molecule is Nc1ccc(-c2nc3ncc(Br)cc3[nH]2)cc1O. The van der Waals surface area contributed by atoms with Crippen LogP contribution in [-0.2, 0) is 0 Å². The Hall–Kier alpha value is -2.08. The Labute approximate surface area is 111 Å². The standard InChI is InChI=1S/C12H9BrN4O/c13-7-4-9-12(15-5-7)17-11(16-9)6-1-2-8(14)10(18)3-6/h1-5,18H,14H2,(H,15,16,17). The highest BCUT2D eigenvalue weighted by atomic mass is 79.9. The average molecular weight is 305 g/mol. The number of fused-ring (bicyclic) bond motifs is 1. The lowest BCUT2D eigenvalue weighted by molar-refractivity contribution is 0.478. The second-order valence-electron chi connectivity index (χ2n) is 3.88. The van der Waals surface area contributed by atoms with Crippen LogP contribution in [0.15, 0.2) is 34.9 Å². The Morgan fingerprint density at radius 2 is 2.11 bits per heavy atom. The zero-order valence-corrected chi connectivity index (χ0v) is 10.8. The van der Waals surface area contributed by atoms with E-state index in [9.17, 15) is 5.11 Å². The number of aromatic nitrogens is 3. The Morgan fingerprint density at radius 1 is 1.28 bits per heavy atom. The molecular weight excluding hydrogens is 296 g/mol. The summed E-state index contributed by atoms with van der Waals surface area (Å²) in [6.07, 6.45) is 1.69. The zero-order valence-electron chi connectivity index (χ0n) is 9.18. The molecule has 6 heteroatoms. The van der Waals surface area contributed by atoms with E-state index in [0.717, 1.165) is 15.6 Å². The maximum Gasteiger partial charge on any atom is 0.178 e. The van der Waals surface area contributed by atoms with Crippen LogP contribution in [0.1, 0.15) is 0 Å². The fourth-order valence-corrected chi connectivity index (χ4v) is 2.03. The molecule has 3 rings (SSSR count). The molecule has 0 saturated carbocycles. The van der Waals surface area contributed by atoms with Crippen LogP contribution in [0.2, 0.25) is 0 Å². The molecule has 18 heavy (non-hydrogen) atoms. The van der Waals surface area contributed by atoms with Crippen molar-refractivity contribution in [3.05, 3.63) is 34.9 Å². The normalized spacial score (nSPS) is 10.9. The molecule has 0 aliphatic rings. The van der Waals surface area contributed by atoms with Gasteiger partial charge in [0.1, 0.15) is 11.6 Å². The van der Waals surface area contributed by atoms with Gasteiger partial charge in [0, 0.05) is 16.2 Å². The second-order valence-corrected chi connectivity index (χ2v) is 4.80. The summed E-state index contributed by atoms with van der Waals surface area (Å²) in [7, 11) is 0. The molecule has 5 nitrogen and oxygen atoms in total. The van der Waals surface area contributed by atoms with Gasteiger partial charge in [0.25, 0.3) is 0 Å². The number of nitrogens with two attached hydrogens (primary N) is 1. The number of pyridine rings is 1. The first-order chi connectivity index (χ1) is 8.63. The summed E-state index contributed by atoms with van der Waals surface area (Å²) >= 11 is 3.35. The van der Waals surface area contributed by atoms with Crippen molar-refractivity contribution in [2.24, 2.45) is 0 Å². The van der Waals surface area contributed by atoms with Gasteiger partial charge in [0.2, 0.25) is 0 Å². The molecule has 0 fully saturated rings. The largest absolute Gasteiger partial charge is 0.506 e. The minimum Gasteiger partial charge on any atom is -0.506 e. The highest BCUT2D eigenvalue weighted by Crippen LogP contribution is 2.27. The number of hydrogen-bond donors (Lipinski definition) is 3. The van der Waals surface area contributed by atoms with Crippen LogP contribution >= 0.6 is 15.9 Å². The van der Waals surface area contributed by atoms with Crippen LogP contribution in [0.5, 0.6) is 5.75 Å². The van der Waals surface area contributed by atoms with Crippen molar-refractivity contribution in [2.45, 2.75) is 0 Å². The van der Waals surface area contributed by atoms with E-state index >= 15 is 0 Å².